The van der Waals surface area contributed by atoms with E-state index in [-0.39, 0.29) is 0 Å². The molecule has 0 aromatic heterocycles. The quantitative estimate of drug-likeness (QED) is 0.577. The second-order valence-corrected chi connectivity index (χ2v) is 3.38. The molecule has 2 nitrogen and oxygen atoms in total. The molecule has 1 aromatic carbocycles. The molecular weight excluding hydrogens is 198 g/mol. The van der Waals surface area contributed by atoms with Crippen molar-refractivity contribution < 1.29 is 4.74 Å². The van der Waals surface area contributed by atoms with E-state index in [1.165, 1.54) is 5.56 Å². The zero-order valence-corrected chi connectivity index (χ0v) is 9.18. The molecule has 0 spiro atoms. The molecule has 1 N–H and O–H groups in total. The van der Waals surface area contributed by atoms with Gasteiger partial charge in [-0.05, 0) is 24.6 Å². The summed E-state index contributed by atoms with van der Waals surface area (Å²) in [4.78, 5) is 0. The Morgan fingerprint density at radius 1 is 1.29 bits per heavy atom. The number of alkyl halides is 1. The van der Waals surface area contributed by atoms with Crippen LogP contribution < -0.4 is 10.1 Å². The third-order valence-electron chi connectivity index (χ3n) is 2.03. The van der Waals surface area contributed by atoms with Gasteiger partial charge in [-0.1, -0.05) is 18.2 Å². The lowest BCUT2D eigenvalue weighted by molar-refractivity contribution is 0.409. The van der Waals surface area contributed by atoms with Gasteiger partial charge in [0.1, 0.15) is 5.75 Å². The predicted molar refractivity (Wildman–Crippen MR) is 60.3 cm³/mol. The molecule has 0 heterocycles. The number of hydrogen-bond donors (Lipinski definition) is 1. The summed E-state index contributed by atoms with van der Waals surface area (Å²) >= 11 is 5.55. The topological polar surface area (TPSA) is 21.3 Å². The molecule has 78 valence electrons. The van der Waals surface area contributed by atoms with Gasteiger partial charge in [-0.2, -0.15) is 0 Å². The van der Waals surface area contributed by atoms with Crippen LogP contribution in [0.3, 0.4) is 0 Å². The van der Waals surface area contributed by atoms with E-state index in [9.17, 15) is 0 Å². The molecule has 1 aromatic rings. The molecule has 0 aliphatic carbocycles. The van der Waals surface area contributed by atoms with E-state index in [0.29, 0.717) is 5.88 Å². The highest BCUT2D eigenvalue weighted by molar-refractivity contribution is 6.18. The zero-order chi connectivity index (χ0) is 10.2. The summed E-state index contributed by atoms with van der Waals surface area (Å²) in [6, 6.07) is 8.08. The molecule has 0 saturated heterocycles. The van der Waals surface area contributed by atoms with Crippen LogP contribution in [0, 0.1) is 0 Å². The van der Waals surface area contributed by atoms with Crippen LogP contribution in [0.2, 0.25) is 0 Å². The van der Waals surface area contributed by atoms with Gasteiger partial charge in [0.2, 0.25) is 0 Å². The molecule has 14 heavy (non-hydrogen) atoms. The minimum absolute atomic E-state index is 0.659. The van der Waals surface area contributed by atoms with Gasteiger partial charge in [0.25, 0.3) is 0 Å². The minimum Gasteiger partial charge on any atom is -0.496 e. The van der Waals surface area contributed by atoms with Gasteiger partial charge in [0, 0.05) is 12.4 Å². The van der Waals surface area contributed by atoms with Crippen LogP contribution in [0.15, 0.2) is 24.3 Å². The largest absolute Gasteiger partial charge is 0.496 e. The highest BCUT2D eigenvalue weighted by Gasteiger charge is 1.99. The SMILES string of the molecule is COc1ccccc1CCNCCCl. The van der Waals surface area contributed by atoms with Gasteiger partial charge in [0.15, 0.2) is 0 Å². The Bertz CT molecular complexity index is 265. The third kappa shape index (κ3) is 3.56. The lowest BCUT2D eigenvalue weighted by atomic mass is 10.1. The van der Waals surface area contributed by atoms with E-state index in [1.54, 1.807) is 7.11 Å². The average Bonchev–Trinajstić information content (AvgIpc) is 2.25. The molecule has 0 bridgehead atoms. The van der Waals surface area contributed by atoms with Gasteiger partial charge in [-0.15, -0.1) is 11.6 Å². The second-order valence-electron chi connectivity index (χ2n) is 3.00. The van der Waals surface area contributed by atoms with Crippen molar-refractivity contribution in [2.24, 2.45) is 0 Å². The zero-order valence-electron chi connectivity index (χ0n) is 8.42. The van der Waals surface area contributed by atoms with Crippen molar-refractivity contribution in [3.05, 3.63) is 29.8 Å². The van der Waals surface area contributed by atoms with Crippen LogP contribution in [-0.4, -0.2) is 26.1 Å². The van der Waals surface area contributed by atoms with Crippen LogP contribution in [0.5, 0.6) is 5.75 Å². The van der Waals surface area contributed by atoms with Crippen LogP contribution in [0.1, 0.15) is 5.56 Å². The maximum atomic E-state index is 5.55. The van der Waals surface area contributed by atoms with Crippen molar-refractivity contribution in [2.45, 2.75) is 6.42 Å². The normalized spacial score (nSPS) is 10.1. The number of methoxy groups -OCH3 is 1. The third-order valence-corrected chi connectivity index (χ3v) is 2.22. The number of halogens is 1. The summed E-state index contributed by atoms with van der Waals surface area (Å²) < 4.78 is 5.25. The number of hydrogen-bond acceptors (Lipinski definition) is 2. The first-order chi connectivity index (χ1) is 6.88. The van der Waals surface area contributed by atoms with Crippen LogP contribution in [0.4, 0.5) is 0 Å². The van der Waals surface area contributed by atoms with Crippen molar-refractivity contribution >= 4 is 11.6 Å². The lowest BCUT2D eigenvalue weighted by Crippen LogP contribution is -2.19. The highest BCUT2D eigenvalue weighted by atomic mass is 35.5. The first-order valence-corrected chi connectivity index (χ1v) is 5.30. The Kier molecular flexibility index (Phi) is 5.42. The number of nitrogens with one attached hydrogen (secondary N) is 1. The molecule has 0 atom stereocenters. The smallest absolute Gasteiger partial charge is 0.122 e. The van der Waals surface area contributed by atoms with E-state index in [1.807, 2.05) is 18.2 Å². The van der Waals surface area contributed by atoms with Gasteiger partial charge < -0.3 is 10.1 Å². The molecule has 0 aliphatic heterocycles. The number of benzene rings is 1. The monoisotopic (exact) mass is 213 g/mol. The standard InChI is InChI=1S/C11H16ClNO/c1-14-11-5-3-2-4-10(11)6-8-13-9-7-12/h2-5,13H,6-9H2,1H3. The van der Waals surface area contributed by atoms with E-state index >= 15 is 0 Å². The Balaban J connectivity index is 2.41. The Hall–Kier alpha value is -0.730. The van der Waals surface area contributed by atoms with Crippen molar-refractivity contribution in [1.29, 1.82) is 0 Å². The van der Waals surface area contributed by atoms with Gasteiger partial charge in [-0.25, -0.2) is 0 Å². The first-order valence-electron chi connectivity index (χ1n) is 4.77. The molecular formula is C11H16ClNO. The summed E-state index contributed by atoms with van der Waals surface area (Å²) in [5, 5.41) is 3.25. The Labute approximate surface area is 90.2 Å². The Morgan fingerprint density at radius 2 is 2.07 bits per heavy atom. The molecule has 0 unspecified atom stereocenters. The summed E-state index contributed by atoms with van der Waals surface area (Å²) in [7, 11) is 1.70. The second kappa shape index (κ2) is 6.68. The fraction of sp³-hybridized carbons (Fsp3) is 0.455. The summed E-state index contributed by atoms with van der Waals surface area (Å²) in [6.07, 6.45) is 0.973. The van der Waals surface area contributed by atoms with Crippen molar-refractivity contribution in [3.63, 3.8) is 0 Å². The highest BCUT2D eigenvalue weighted by Crippen LogP contribution is 2.16. The molecule has 0 fully saturated rings. The van der Waals surface area contributed by atoms with Crippen LogP contribution in [-0.2, 0) is 6.42 Å². The number of para-hydroxylation sites is 1. The van der Waals surface area contributed by atoms with Crippen LogP contribution >= 0.6 is 11.6 Å². The van der Waals surface area contributed by atoms with Crippen molar-refractivity contribution in [3.8, 4) is 5.75 Å². The van der Waals surface area contributed by atoms with E-state index in [4.69, 9.17) is 16.3 Å². The van der Waals surface area contributed by atoms with Crippen molar-refractivity contribution in [1.82, 2.24) is 5.32 Å². The first kappa shape index (κ1) is 11.3. The maximum Gasteiger partial charge on any atom is 0.122 e. The summed E-state index contributed by atoms with van der Waals surface area (Å²) in [5.41, 5.74) is 1.23. The van der Waals surface area contributed by atoms with Gasteiger partial charge in [-0.3, -0.25) is 0 Å². The Morgan fingerprint density at radius 3 is 2.79 bits per heavy atom. The van der Waals surface area contributed by atoms with Crippen LogP contribution in [0.25, 0.3) is 0 Å². The van der Waals surface area contributed by atoms with Gasteiger partial charge >= 0.3 is 0 Å². The van der Waals surface area contributed by atoms with Crippen molar-refractivity contribution in [2.75, 3.05) is 26.1 Å². The molecule has 0 radical (unpaired) electrons. The molecule has 3 heteroatoms. The fourth-order valence-electron chi connectivity index (χ4n) is 1.32. The van der Waals surface area contributed by atoms with E-state index < -0.39 is 0 Å². The average molecular weight is 214 g/mol. The molecule has 0 amide bonds. The molecule has 0 saturated carbocycles. The van der Waals surface area contributed by atoms with Gasteiger partial charge in [0.05, 0.1) is 7.11 Å². The molecule has 0 aliphatic rings. The summed E-state index contributed by atoms with van der Waals surface area (Å²) in [6.45, 7) is 1.80. The number of rotatable bonds is 6. The van der Waals surface area contributed by atoms with E-state index in [2.05, 4.69) is 11.4 Å². The fourth-order valence-corrected chi connectivity index (χ4v) is 1.46. The lowest BCUT2D eigenvalue weighted by Gasteiger charge is -2.08. The summed E-state index contributed by atoms with van der Waals surface area (Å²) in [5.74, 6) is 1.62. The number of ether oxygens (including phenoxy) is 1. The molecule has 1 rings (SSSR count). The maximum absolute atomic E-state index is 5.55. The predicted octanol–water partition coefficient (Wildman–Crippen LogP) is 2.07. The van der Waals surface area contributed by atoms with E-state index in [0.717, 1.165) is 25.3 Å². The minimum atomic E-state index is 0.659.